The number of aryl methyl sites for hydroxylation is 1. The van der Waals surface area contributed by atoms with Crippen molar-refractivity contribution in [2.24, 2.45) is 0 Å². The maximum Gasteiger partial charge on any atom is 0.229 e. The number of aromatic nitrogens is 2. The molecular weight excluding hydrogens is 376 g/mol. The molecule has 6 nitrogen and oxygen atoms in total. The standard InChI is InChI=1S/C21H23ClN4O2/c1-13(2)28-16-7-5-15(6-8-16)24-20-9-10-23-21(26-20)25-18-11-14(3)17(22)12-19(18)27-4/h5-13H,1-4H3,(H2,23,24,25,26). The highest BCUT2D eigenvalue weighted by Crippen LogP contribution is 2.32. The number of halogens is 1. The highest BCUT2D eigenvalue weighted by molar-refractivity contribution is 6.31. The van der Waals surface area contributed by atoms with Crippen LogP contribution in [0.2, 0.25) is 5.02 Å². The van der Waals surface area contributed by atoms with Crippen LogP contribution in [0.1, 0.15) is 19.4 Å². The second-order valence-corrected chi connectivity index (χ2v) is 6.92. The molecule has 0 spiro atoms. The molecule has 7 heteroatoms. The molecule has 0 fully saturated rings. The zero-order valence-corrected chi connectivity index (χ0v) is 17.0. The van der Waals surface area contributed by atoms with Crippen molar-refractivity contribution in [3.63, 3.8) is 0 Å². The SMILES string of the molecule is COc1cc(Cl)c(C)cc1Nc1nccc(Nc2ccc(OC(C)C)cc2)n1. The van der Waals surface area contributed by atoms with Gasteiger partial charge in [0.25, 0.3) is 0 Å². The van der Waals surface area contributed by atoms with E-state index in [1.807, 2.05) is 51.1 Å². The van der Waals surface area contributed by atoms with E-state index in [0.29, 0.717) is 22.5 Å². The lowest BCUT2D eigenvalue weighted by atomic mass is 10.2. The lowest BCUT2D eigenvalue weighted by Gasteiger charge is -2.13. The number of nitrogens with zero attached hydrogens (tertiary/aromatic N) is 2. The minimum absolute atomic E-state index is 0.141. The third-order valence-corrected chi connectivity index (χ3v) is 4.29. The molecule has 28 heavy (non-hydrogen) atoms. The van der Waals surface area contributed by atoms with Crippen molar-refractivity contribution in [1.82, 2.24) is 9.97 Å². The molecule has 0 unspecified atom stereocenters. The Balaban J connectivity index is 1.75. The van der Waals surface area contributed by atoms with Crippen LogP contribution in [0.4, 0.5) is 23.1 Å². The monoisotopic (exact) mass is 398 g/mol. The Morgan fingerprint density at radius 2 is 1.79 bits per heavy atom. The fraction of sp³-hybridized carbons (Fsp3) is 0.238. The van der Waals surface area contributed by atoms with Gasteiger partial charge in [-0.25, -0.2) is 4.98 Å². The quantitative estimate of drug-likeness (QED) is 0.530. The first kappa shape index (κ1) is 19.8. The number of hydrogen-bond donors (Lipinski definition) is 2. The largest absolute Gasteiger partial charge is 0.495 e. The summed E-state index contributed by atoms with van der Waals surface area (Å²) in [6.45, 7) is 5.93. The third-order valence-electron chi connectivity index (χ3n) is 3.88. The van der Waals surface area contributed by atoms with Gasteiger partial charge >= 0.3 is 0 Å². The van der Waals surface area contributed by atoms with Gasteiger partial charge in [0.05, 0.1) is 18.9 Å². The van der Waals surface area contributed by atoms with E-state index >= 15 is 0 Å². The molecule has 0 amide bonds. The van der Waals surface area contributed by atoms with Gasteiger partial charge in [-0.2, -0.15) is 4.98 Å². The highest BCUT2D eigenvalue weighted by atomic mass is 35.5. The summed E-state index contributed by atoms with van der Waals surface area (Å²) >= 11 is 6.16. The van der Waals surface area contributed by atoms with Gasteiger partial charge in [-0.15, -0.1) is 0 Å². The molecule has 3 rings (SSSR count). The summed E-state index contributed by atoms with van der Waals surface area (Å²) in [5, 5.41) is 7.09. The predicted molar refractivity (Wildman–Crippen MR) is 114 cm³/mol. The summed E-state index contributed by atoms with van der Waals surface area (Å²) in [5.41, 5.74) is 2.58. The maximum atomic E-state index is 6.16. The molecule has 2 aromatic carbocycles. The Kier molecular flexibility index (Phi) is 6.21. The second-order valence-electron chi connectivity index (χ2n) is 6.51. The van der Waals surface area contributed by atoms with Crippen LogP contribution in [-0.2, 0) is 0 Å². The van der Waals surface area contributed by atoms with Crippen LogP contribution in [-0.4, -0.2) is 23.2 Å². The average Bonchev–Trinajstić information content (AvgIpc) is 2.66. The van der Waals surface area contributed by atoms with E-state index in [0.717, 1.165) is 22.7 Å². The third kappa shape index (κ3) is 5.04. The number of benzene rings is 2. The molecule has 3 aromatic rings. The minimum Gasteiger partial charge on any atom is -0.495 e. The molecule has 0 bridgehead atoms. The zero-order chi connectivity index (χ0) is 20.1. The second kappa shape index (κ2) is 8.80. The molecule has 1 heterocycles. The van der Waals surface area contributed by atoms with Crippen LogP contribution in [0.5, 0.6) is 11.5 Å². The maximum absolute atomic E-state index is 6.16. The van der Waals surface area contributed by atoms with Crippen LogP contribution in [0.25, 0.3) is 0 Å². The van der Waals surface area contributed by atoms with E-state index in [4.69, 9.17) is 21.1 Å². The molecule has 0 aliphatic carbocycles. The number of hydrogen-bond acceptors (Lipinski definition) is 6. The van der Waals surface area contributed by atoms with Gasteiger partial charge in [0.1, 0.15) is 17.3 Å². The van der Waals surface area contributed by atoms with Crippen LogP contribution in [0.15, 0.2) is 48.7 Å². The molecule has 146 valence electrons. The summed E-state index contributed by atoms with van der Waals surface area (Å²) in [4.78, 5) is 8.79. The Morgan fingerprint density at radius 3 is 2.46 bits per heavy atom. The Hall–Kier alpha value is -2.99. The van der Waals surface area contributed by atoms with Gasteiger partial charge in [0.2, 0.25) is 5.95 Å². The number of anilines is 4. The van der Waals surface area contributed by atoms with E-state index < -0.39 is 0 Å². The van der Waals surface area contributed by atoms with Crippen LogP contribution >= 0.6 is 11.6 Å². The predicted octanol–water partition coefficient (Wildman–Crippen LogP) is 5.72. The van der Waals surface area contributed by atoms with E-state index in [9.17, 15) is 0 Å². The number of methoxy groups -OCH3 is 1. The molecule has 0 aliphatic heterocycles. The Bertz CT molecular complexity index is 946. The van der Waals surface area contributed by atoms with Crippen molar-refractivity contribution in [3.8, 4) is 11.5 Å². The smallest absolute Gasteiger partial charge is 0.229 e. The summed E-state index contributed by atoms with van der Waals surface area (Å²) in [5.74, 6) is 2.57. The van der Waals surface area contributed by atoms with Crippen LogP contribution in [0, 0.1) is 6.92 Å². The van der Waals surface area contributed by atoms with Crippen LogP contribution < -0.4 is 20.1 Å². The van der Waals surface area contributed by atoms with Crippen molar-refractivity contribution in [2.45, 2.75) is 26.9 Å². The first-order valence-electron chi connectivity index (χ1n) is 8.92. The molecule has 0 atom stereocenters. The lowest BCUT2D eigenvalue weighted by Crippen LogP contribution is -2.05. The molecule has 1 aromatic heterocycles. The van der Waals surface area contributed by atoms with Crippen molar-refractivity contribution in [2.75, 3.05) is 17.7 Å². The fourth-order valence-corrected chi connectivity index (χ4v) is 2.73. The molecule has 0 saturated heterocycles. The van der Waals surface area contributed by atoms with Gasteiger partial charge in [0.15, 0.2) is 0 Å². The van der Waals surface area contributed by atoms with Gasteiger partial charge in [-0.1, -0.05) is 11.6 Å². The fourth-order valence-electron chi connectivity index (χ4n) is 2.58. The molecule has 2 N–H and O–H groups in total. The number of rotatable bonds is 7. The van der Waals surface area contributed by atoms with Crippen molar-refractivity contribution in [1.29, 1.82) is 0 Å². The van der Waals surface area contributed by atoms with Crippen molar-refractivity contribution in [3.05, 3.63) is 59.2 Å². The van der Waals surface area contributed by atoms with Crippen LogP contribution in [0.3, 0.4) is 0 Å². The van der Waals surface area contributed by atoms with E-state index in [-0.39, 0.29) is 6.10 Å². The average molecular weight is 399 g/mol. The van der Waals surface area contributed by atoms with Crippen molar-refractivity contribution >= 4 is 34.7 Å². The van der Waals surface area contributed by atoms with E-state index in [1.54, 1.807) is 25.4 Å². The van der Waals surface area contributed by atoms with Gasteiger partial charge < -0.3 is 20.1 Å². The van der Waals surface area contributed by atoms with Gasteiger partial charge in [-0.3, -0.25) is 0 Å². The van der Waals surface area contributed by atoms with E-state index in [2.05, 4.69) is 20.6 Å². The molecular formula is C21H23ClN4O2. The topological polar surface area (TPSA) is 68.3 Å². The normalized spacial score (nSPS) is 10.6. The minimum atomic E-state index is 0.141. The first-order valence-corrected chi connectivity index (χ1v) is 9.30. The molecule has 0 radical (unpaired) electrons. The summed E-state index contributed by atoms with van der Waals surface area (Å²) in [6.07, 6.45) is 1.83. The highest BCUT2D eigenvalue weighted by Gasteiger charge is 2.09. The van der Waals surface area contributed by atoms with Crippen molar-refractivity contribution < 1.29 is 9.47 Å². The summed E-state index contributed by atoms with van der Waals surface area (Å²) in [6, 6.07) is 13.2. The Morgan fingerprint density at radius 1 is 1.04 bits per heavy atom. The Labute approximate surface area is 169 Å². The number of ether oxygens (including phenoxy) is 2. The zero-order valence-electron chi connectivity index (χ0n) is 16.3. The van der Waals surface area contributed by atoms with Gasteiger partial charge in [0, 0.05) is 23.0 Å². The lowest BCUT2D eigenvalue weighted by molar-refractivity contribution is 0.242. The van der Waals surface area contributed by atoms with Gasteiger partial charge in [-0.05, 0) is 62.7 Å². The summed E-state index contributed by atoms with van der Waals surface area (Å²) in [7, 11) is 1.59. The van der Waals surface area contributed by atoms with E-state index in [1.165, 1.54) is 0 Å². The first-order chi connectivity index (χ1) is 13.4. The molecule has 0 aliphatic rings. The number of nitrogens with one attached hydrogen (secondary N) is 2. The molecule has 0 saturated carbocycles. The summed E-state index contributed by atoms with van der Waals surface area (Å²) < 4.78 is 11.0.